The molecule has 2 atom stereocenters. The highest BCUT2D eigenvalue weighted by Gasteiger charge is 2.50. The Hall–Kier alpha value is -1.38. The van der Waals surface area contributed by atoms with Crippen molar-refractivity contribution in [3.05, 3.63) is 12.0 Å². The van der Waals surface area contributed by atoms with E-state index in [4.69, 9.17) is 5.26 Å². The first-order chi connectivity index (χ1) is 5.52. The van der Waals surface area contributed by atoms with E-state index >= 15 is 0 Å². The van der Waals surface area contributed by atoms with Gasteiger partial charge in [-0.2, -0.15) is 9.65 Å². The Labute approximate surface area is 64.8 Å². The van der Waals surface area contributed by atoms with E-state index in [2.05, 4.69) is 4.99 Å². The summed E-state index contributed by atoms with van der Waals surface area (Å²) < 4.78 is 49.9. The van der Waals surface area contributed by atoms with E-state index in [1.54, 1.807) is 0 Å². The minimum absolute atomic E-state index is 0.147. The molecule has 0 saturated heterocycles. The second-order valence-electron chi connectivity index (χ2n) is 2.11. The van der Waals surface area contributed by atoms with Crippen LogP contribution in [0.5, 0.6) is 0 Å². The van der Waals surface area contributed by atoms with E-state index in [1.165, 1.54) is 0 Å². The highest BCUT2D eigenvalue weighted by atomic mass is 19.2. The molecule has 0 spiro atoms. The number of halogens is 4. The minimum atomic E-state index is -3.56. The Morgan fingerprint density at radius 3 is 2.58 bits per heavy atom. The van der Waals surface area contributed by atoms with Crippen LogP contribution in [0, 0.1) is 11.3 Å². The zero-order chi connectivity index (χ0) is 9.35. The lowest BCUT2D eigenvalue weighted by molar-refractivity contribution is 0.145. The van der Waals surface area contributed by atoms with Gasteiger partial charge in [0.2, 0.25) is 12.1 Å². The minimum Gasteiger partial charge on any atom is -0.233 e. The second kappa shape index (κ2) is 2.59. The molecule has 0 bridgehead atoms. The number of nitrogens with zero attached hydrogens (tertiary/aromatic N) is 2. The number of nitriles is 1. The van der Waals surface area contributed by atoms with Crippen molar-refractivity contribution in [2.24, 2.45) is 4.99 Å². The van der Waals surface area contributed by atoms with Gasteiger partial charge in [-0.15, -0.1) is 0 Å². The van der Waals surface area contributed by atoms with E-state index in [0.717, 1.165) is 0 Å². The van der Waals surface area contributed by atoms with Crippen molar-refractivity contribution in [2.45, 2.75) is 11.8 Å². The standard InChI is InChI=1S/C6H2F4N2/c7-3-1-12-5(9)4(8)6(3,10)2-11/h1,4H. The largest absolute Gasteiger partial charge is 0.287 e. The smallest absolute Gasteiger partial charge is 0.233 e. The Morgan fingerprint density at radius 2 is 2.17 bits per heavy atom. The third-order valence-corrected chi connectivity index (χ3v) is 1.37. The molecule has 0 fully saturated rings. The fraction of sp³-hybridized carbons (Fsp3) is 0.333. The Kier molecular flexibility index (Phi) is 1.88. The Balaban J connectivity index is 3.16. The first-order valence-corrected chi connectivity index (χ1v) is 2.86. The predicted molar refractivity (Wildman–Crippen MR) is 32.1 cm³/mol. The molecule has 2 nitrogen and oxygen atoms in total. The molecule has 0 aliphatic carbocycles. The van der Waals surface area contributed by atoms with E-state index < -0.39 is 23.6 Å². The van der Waals surface area contributed by atoms with Crippen LogP contribution in [0.25, 0.3) is 0 Å². The van der Waals surface area contributed by atoms with Gasteiger partial charge in [-0.05, 0) is 0 Å². The van der Waals surface area contributed by atoms with Crippen LogP contribution in [0.2, 0.25) is 0 Å². The van der Waals surface area contributed by atoms with Crippen molar-refractivity contribution in [1.29, 1.82) is 5.26 Å². The average molecular weight is 178 g/mol. The molecule has 0 amide bonds. The number of hydrogen-bond donors (Lipinski definition) is 0. The average Bonchev–Trinajstić information content (AvgIpc) is 2.08. The van der Waals surface area contributed by atoms with Crippen molar-refractivity contribution in [2.75, 3.05) is 0 Å². The van der Waals surface area contributed by atoms with E-state index in [-0.39, 0.29) is 6.20 Å². The van der Waals surface area contributed by atoms with Gasteiger partial charge in [0, 0.05) is 0 Å². The molecular formula is C6H2F4N2. The van der Waals surface area contributed by atoms with E-state index in [0.29, 0.717) is 6.07 Å². The molecule has 0 radical (unpaired) electrons. The van der Waals surface area contributed by atoms with Gasteiger partial charge in [-0.25, -0.2) is 18.2 Å². The second-order valence-corrected chi connectivity index (χ2v) is 2.11. The zero-order valence-electron chi connectivity index (χ0n) is 5.56. The van der Waals surface area contributed by atoms with Gasteiger partial charge < -0.3 is 0 Å². The van der Waals surface area contributed by atoms with Crippen molar-refractivity contribution in [3.8, 4) is 6.07 Å². The van der Waals surface area contributed by atoms with E-state index in [9.17, 15) is 17.6 Å². The van der Waals surface area contributed by atoms with Gasteiger partial charge in [0.15, 0.2) is 5.83 Å². The summed E-state index contributed by atoms with van der Waals surface area (Å²) in [4.78, 5) is 2.58. The maximum atomic E-state index is 12.8. The molecular weight excluding hydrogens is 176 g/mol. The van der Waals surface area contributed by atoms with Gasteiger partial charge in [0.1, 0.15) is 6.07 Å². The van der Waals surface area contributed by atoms with Gasteiger partial charge >= 0.3 is 0 Å². The molecule has 6 heteroatoms. The molecule has 2 unspecified atom stereocenters. The molecule has 0 N–H and O–H groups in total. The molecule has 0 aromatic heterocycles. The summed E-state index contributed by atoms with van der Waals surface area (Å²) in [6.45, 7) is 0. The van der Waals surface area contributed by atoms with Crippen molar-refractivity contribution >= 4 is 5.97 Å². The third-order valence-electron chi connectivity index (χ3n) is 1.37. The quantitative estimate of drug-likeness (QED) is 0.520. The maximum absolute atomic E-state index is 12.8. The molecule has 1 heterocycles. The van der Waals surface area contributed by atoms with Gasteiger partial charge in [-0.3, -0.25) is 0 Å². The lowest BCUT2D eigenvalue weighted by atomic mass is 9.99. The number of allylic oxidation sites excluding steroid dienone is 1. The van der Waals surface area contributed by atoms with Gasteiger partial charge in [0.05, 0.1) is 6.20 Å². The Bertz CT molecular complexity index is 303. The van der Waals surface area contributed by atoms with Gasteiger partial charge in [0.25, 0.3) is 5.67 Å². The van der Waals surface area contributed by atoms with Crippen LogP contribution in [0.15, 0.2) is 17.0 Å². The highest BCUT2D eigenvalue weighted by Crippen LogP contribution is 2.32. The lowest BCUT2D eigenvalue weighted by Crippen LogP contribution is -2.40. The van der Waals surface area contributed by atoms with Crippen LogP contribution in [0.4, 0.5) is 17.6 Å². The van der Waals surface area contributed by atoms with Gasteiger partial charge in [-0.1, -0.05) is 0 Å². The van der Waals surface area contributed by atoms with Crippen LogP contribution >= 0.6 is 0 Å². The first-order valence-electron chi connectivity index (χ1n) is 2.86. The van der Waals surface area contributed by atoms with Crippen molar-refractivity contribution < 1.29 is 17.6 Å². The van der Waals surface area contributed by atoms with Crippen LogP contribution < -0.4 is 0 Å². The van der Waals surface area contributed by atoms with Crippen molar-refractivity contribution in [1.82, 2.24) is 0 Å². The third kappa shape index (κ3) is 0.978. The van der Waals surface area contributed by atoms with Crippen LogP contribution in [0.1, 0.15) is 0 Å². The highest BCUT2D eigenvalue weighted by molar-refractivity contribution is 5.84. The van der Waals surface area contributed by atoms with Crippen LogP contribution in [0.3, 0.4) is 0 Å². The molecule has 1 aliphatic heterocycles. The summed E-state index contributed by atoms with van der Waals surface area (Å²) in [5, 5.41) is 8.04. The monoisotopic (exact) mass is 178 g/mol. The summed E-state index contributed by atoms with van der Waals surface area (Å²) in [7, 11) is 0. The number of alkyl halides is 2. The van der Waals surface area contributed by atoms with E-state index in [1.807, 2.05) is 0 Å². The zero-order valence-corrected chi connectivity index (χ0v) is 5.56. The first kappa shape index (κ1) is 8.71. The SMILES string of the molecule is N#CC1(F)C(F)=CN=C(F)C1F. The predicted octanol–water partition coefficient (Wildman–Crippen LogP) is 1.75. The fourth-order valence-electron chi connectivity index (χ4n) is 0.673. The lowest BCUT2D eigenvalue weighted by Gasteiger charge is -2.19. The van der Waals surface area contributed by atoms with Crippen molar-refractivity contribution in [3.63, 3.8) is 0 Å². The molecule has 12 heavy (non-hydrogen) atoms. The topological polar surface area (TPSA) is 36.1 Å². The Morgan fingerprint density at radius 1 is 1.58 bits per heavy atom. The number of hydrogen-bond acceptors (Lipinski definition) is 2. The summed E-state index contributed by atoms with van der Waals surface area (Å²) in [5.41, 5.74) is -3.56. The maximum Gasteiger partial charge on any atom is 0.287 e. The summed E-state index contributed by atoms with van der Waals surface area (Å²) in [5.74, 6) is -3.46. The summed E-state index contributed by atoms with van der Waals surface area (Å²) in [6.07, 6.45) is -2.83. The summed E-state index contributed by atoms with van der Waals surface area (Å²) >= 11 is 0. The molecule has 0 saturated carbocycles. The number of rotatable bonds is 0. The molecule has 0 aromatic rings. The molecule has 1 aliphatic rings. The fourth-order valence-corrected chi connectivity index (χ4v) is 0.673. The normalized spacial score (nSPS) is 35.1. The van der Waals surface area contributed by atoms with Crippen LogP contribution in [-0.4, -0.2) is 17.8 Å². The van der Waals surface area contributed by atoms with Crippen LogP contribution in [-0.2, 0) is 0 Å². The molecule has 0 aromatic carbocycles. The molecule has 1 rings (SSSR count). The number of aliphatic imine (C=N–C) groups is 1. The summed E-state index contributed by atoms with van der Waals surface area (Å²) in [6, 6.07) is 0.704. The molecule has 64 valence electrons.